The Balaban J connectivity index is 1.75. The van der Waals surface area contributed by atoms with Crippen LogP contribution in [0.15, 0.2) is 45.3 Å². The van der Waals surface area contributed by atoms with Crippen molar-refractivity contribution in [1.29, 1.82) is 0 Å². The lowest BCUT2D eigenvalue weighted by atomic mass is 9.82. The summed E-state index contributed by atoms with van der Waals surface area (Å²) in [5.41, 5.74) is 6.79. The molecule has 0 saturated heterocycles. The first-order valence-corrected chi connectivity index (χ1v) is 11.1. The molecular formula is C22H26Br2N2O4. The molecule has 2 amide bonds. The Hall–Kier alpha value is -2.06. The van der Waals surface area contributed by atoms with Gasteiger partial charge in [-0.2, -0.15) is 0 Å². The number of nitrogens with one attached hydrogen (secondary N) is 2. The van der Waals surface area contributed by atoms with Crippen LogP contribution in [-0.2, 0) is 15.0 Å². The molecule has 2 aromatic rings. The number of carbonyl (C=O) groups is 2. The molecule has 2 N–H and O–H groups in total. The summed E-state index contributed by atoms with van der Waals surface area (Å²) in [5.74, 6) is 0.203. The van der Waals surface area contributed by atoms with Gasteiger partial charge in [0, 0.05) is 4.47 Å². The van der Waals surface area contributed by atoms with Crippen LogP contribution in [0.5, 0.6) is 11.5 Å². The molecule has 8 heteroatoms. The van der Waals surface area contributed by atoms with Gasteiger partial charge in [-0.15, -0.1) is 0 Å². The van der Waals surface area contributed by atoms with Gasteiger partial charge in [0.2, 0.25) is 0 Å². The van der Waals surface area contributed by atoms with E-state index in [0.29, 0.717) is 11.5 Å². The number of ether oxygens (including phenoxy) is 2. The molecule has 0 aliphatic carbocycles. The topological polar surface area (TPSA) is 76.7 Å². The largest absolute Gasteiger partial charge is 0.484 e. The lowest BCUT2D eigenvalue weighted by Crippen LogP contribution is -2.45. The van der Waals surface area contributed by atoms with E-state index in [2.05, 4.69) is 63.5 Å². The minimum absolute atomic E-state index is 0.0899. The number of hydrogen-bond acceptors (Lipinski definition) is 4. The second kappa shape index (κ2) is 10.8. The van der Waals surface area contributed by atoms with E-state index in [1.807, 2.05) is 43.3 Å². The predicted molar refractivity (Wildman–Crippen MR) is 124 cm³/mol. The molecule has 0 spiro atoms. The summed E-state index contributed by atoms with van der Waals surface area (Å²) in [6, 6.07) is 11.4. The Labute approximate surface area is 193 Å². The molecule has 162 valence electrons. The highest BCUT2D eigenvalue weighted by molar-refractivity contribution is 9.11. The van der Waals surface area contributed by atoms with Gasteiger partial charge in [-0.1, -0.05) is 48.8 Å². The maximum atomic E-state index is 11.9. The molecule has 0 radical (unpaired) electrons. The monoisotopic (exact) mass is 540 g/mol. The number of aryl methyl sites for hydroxylation is 1. The fraction of sp³-hybridized carbons (Fsp3) is 0.364. The minimum Gasteiger partial charge on any atom is -0.484 e. The van der Waals surface area contributed by atoms with Crippen LogP contribution in [0.25, 0.3) is 0 Å². The van der Waals surface area contributed by atoms with Crippen molar-refractivity contribution in [3.8, 4) is 11.5 Å². The number of benzene rings is 2. The van der Waals surface area contributed by atoms with Gasteiger partial charge < -0.3 is 9.47 Å². The quantitative estimate of drug-likeness (QED) is 0.470. The molecule has 0 saturated carbocycles. The normalized spacial score (nSPS) is 11.0. The highest BCUT2D eigenvalue weighted by Gasteiger charge is 2.17. The highest BCUT2D eigenvalue weighted by atomic mass is 79.9. The van der Waals surface area contributed by atoms with Gasteiger partial charge >= 0.3 is 0 Å². The van der Waals surface area contributed by atoms with Crippen LogP contribution >= 0.6 is 31.9 Å². The molecule has 0 unspecified atom stereocenters. The van der Waals surface area contributed by atoms with Crippen LogP contribution in [-0.4, -0.2) is 25.0 Å². The fourth-order valence-corrected chi connectivity index (χ4v) is 4.13. The highest BCUT2D eigenvalue weighted by Crippen LogP contribution is 2.32. The third-order valence-electron chi connectivity index (χ3n) is 4.77. The van der Waals surface area contributed by atoms with Gasteiger partial charge in [0.15, 0.2) is 13.2 Å². The van der Waals surface area contributed by atoms with Crippen LogP contribution in [0.1, 0.15) is 38.3 Å². The zero-order valence-corrected chi connectivity index (χ0v) is 20.6. The number of halogens is 2. The summed E-state index contributed by atoms with van der Waals surface area (Å²) >= 11 is 6.79. The van der Waals surface area contributed by atoms with Crippen LogP contribution < -0.4 is 20.3 Å². The molecule has 6 nitrogen and oxygen atoms in total. The molecule has 0 bridgehead atoms. The van der Waals surface area contributed by atoms with Crippen LogP contribution in [0.3, 0.4) is 0 Å². The Bertz CT molecular complexity index is 876. The fourth-order valence-electron chi connectivity index (χ4n) is 2.58. The van der Waals surface area contributed by atoms with Crippen molar-refractivity contribution in [2.75, 3.05) is 13.2 Å². The maximum Gasteiger partial charge on any atom is 0.276 e. The summed E-state index contributed by atoms with van der Waals surface area (Å²) < 4.78 is 12.6. The molecule has 2 aromatic carbocycles. The van der Waals surface area contributed by atoms with Crippen molar-refractivity contribution in [3.63, 3.8) is 0 Å². The standard InChI is InChI=1S/C22H26Br2N2O4/c1-5-22(3,4)15-6-8-17(9-7-15)29-12-19(27)25-26-20(28)13-30-21-14(2)10-16(23)11-18(21)24/h6-11H,5,12-13H2,1-4H3,(H,25,27)(H,26,28). The SMILES string of the molecule is CCC(C)(C)c1ccc(OCC(=O)NNC(=O)COc2c(C)cc(Br)cc2Br)cc1. The van der Waals surface area contributed by atoms with Crippen molar-refractivity contribution < 1.29 is 19.1 Å². The van der Waals surface area contributed by atoms with Crippen molar-refractivity contribution in [2.24, 2.45) is 0 Å². The van der Waals surface area contributed by atoms with E-state index in [9.17, 15) is 9.59 Å². The molecule has 30 heavy (non-hydrogen) atoms. The smallest absolute Gasteiger partial charge is 0.276 e. The number of amides is 2. The summed E-state index contributed by atoms with van der Waals surface area (Å²) in [5, 5.41) is 0. The lowest BCUT2D eigenvalue weighted by molar-refractivity contribution is -0.131. The molecular weight excluding hydrogens is 516 g/mol. The molecule has 0 heterocycles. The third kappa shape index (κ3) is 7.02. The van der Waals surface area contributed by atoms with Crippen molar-refractivity contribution in [3.05, 3.63) is 56.5 Å². The van der Waals surface area contributed by atoms with Gasteiger partial charge in [-0.05, 0) is 70.1 Å². The average molecular weight is 542 g/mol. The Morgan fingerprint density at radius 2 is 1.53 bits per heavy atom. The van der Waals surface area contributed by atoms with Gasteiger partial charge in [-0.3, -0.25) is 20.4 Å². The Kier molecular flexibility index (Phi) is 8.73. The molecule has 0 aliphatic rings. The number of carbonyl (C=O) groups excluding carboxylic acids is 2. The van der Waals surface area contributed by atoms with Gasteiger partial charge in [0.25, 0.3) is 11.8 Å². The maximum absolute atomic E-state index is 11.9. The van der Waals surface area contributed by atoms with Gasteiger partial charge in [0.05, 0.1) is 4.47 Å². The Morgan fingerprint density at radius 3 is 2.07 bits per heavy atom. The molecule has 0 atom stereocenters. The Morgan fingerprint density at radius 1 is 0.967 bits per heavy atom. The second-order valence-corrected chi connectivity index (χ2v) is 9.24. The minimum atomic E-state index is -0.483. The van der Waals surface area contributed by atoms with E-state index in [4.69, 9.17) is 9.47 Å². The van der Waals surface area contributed by atoms with Crippen LogP contribution in [0, 0.1) is 6.92 Å². The van der Waals surface area contributed by atoms with E-state index in [-0.39, 0.29) is 18.6 Å². The molecule has 0 aromatic heterocycles. The average Bonchev–Trinajstić information content (AvgIpc) is 2.70. The van der Waals surface area contributed by atoms with Crippen LogP contribution in [0.2, 0.25) is 0 Å². The summed E-state index contributed by atoms with van der Waals surface area (Å²) in [4.78, 5) is 23.8. The lowest BCUT2D eigenvalue weighted by Gasteiger charge is -2.23. The zero-order valence-electron chi connectivity index (χ0n) is 17.5. The first-order valence-electron chi connectivity index (χ1n) is 9.52. The molecule has 0 aliphatic heterocycles. The van der Waals surface area contributed by atoms with E-state index >= 15 is 0 Å². The van der Waals surface area contributed by atoms with E-state index < -0.39 is 11.8 Å². The summed E-state index contributed by atoms with van der Waals surface area (Å²) in [6.07, 6.45) is 1.03. The van der Waals surface area contributed by atoms with Gasteiger partial charge in [-0.25, -0.2) is 0 Å². The van der Waals surface area contributed by atoms with Crippen molar-refractivity contribution >= 4 is 43.7 Å². The molecule has 0 fully saturated rings. The predicted octanol–water partition coefficient (Wildman–Crippen LogP) is 4.81. The third-order valence-corrected chi connectivity index (χ3v) is 5.82. The van der Waals surface area contributed by atoms with Crippen molar-refractivity contribution in [2.45, 2.75) is 39.5 Å². The first kappa shape index (κ1) is 24.2. The number of rotatable bonds is 8. The van der Waals surface area contributed by atoms with Crippen LogP contribution in [0.4, 0.5) is 0 Å². The first-order chi connectivity index (χ1) is 14.1. The van der Waals surface area contributed by atoms with E-state index in [1.54, 1.807) is 0 Å². The summed E-state index contributed by atoms with van der Waals surface area (Å²) in [7, 11) is 0. The van der Waals surface area contributed by atoms with Gasteiger partial charge in [0.1, 0.15) is 11.5 Å². The molecule has 2 rings (SSSR count). The van der Waals surface area contributed by atoms with E-state index in [1.165, 1.54) is 5.56 Å². The summed E-state index contributed by atoms with van der Waals surface area (Å²) in [6.45, 7) is 7.93. The zero-order chi connectivity index (χ0) is 22.3. The van der Waals surface area contributed by atoms with Crippen molar-refractivity contribution in [1.82, 2.24) is 10.9 Å². The van der Waals surface area contributed by atoms with E-state index in [0.717, 1.165) is 20.9 Å². The second-order valence-electron chi connectivity index (χ2n) is 7.47. The number of hydrazine groups is 1. The number of hydrogen-bond donors (Lipinski definition) is 2.